The molecular weight excluding hydrogens is 284 g/mol. The second-order valence-electron chi connectivity index (χ2n) is 6.73. The van der Waals surface area contributed by atoms with Gasteiger partial charge in [0, 0.05) is 28.5 Å². The average Bonchev–Trinajstić information content (AvgIpc) is 2.51. The van der Waals surface area contributed by atoms with E-state index in [4.69, 9.17) is 4.74 Å². The number of Topliss-reactive ketones (excluding diaryl/α,β-unsaturated/α-hetero) is 1. The van der Waals surface area contributed by atoms with Crippen LogP contribution in [0.4, 0.5) is 0 Å². The molecular formula is C21H24O2. The second kappa shape index (κ2) is 6.46. The van der Waals surface area contributed by atoms with Crippen molar-refractivity contribution in [3.63, 3.8) is 0 Å². The third-order valence-electron chi connectivity index (χ3n) is 4.71. The Bertz CT molecular complexity index is 721. The van der Waals surface area contributed by atoms with Crippen LogP contribution in [0.5, 0.6) is 5.75 Å². The van der Waals surface area contributed by atoms with Crippen LogP contribution >= 0.6 is 0 Å². The van der Waals surface area contributed by atoms with E-state index in [0.29, 0.717) is 6.42 Å². The van der Waals surface area contributed by atoms with Crippen LogP contribution in [0, 0.1) is 23.2 Å². The van der Waals surface area contributed by atoms with Gasteiger partial charge in [-0.25, -0.2) is 0 Å². The molecule has 23 heavy (non-hydrogen) atoms. The van der Waals surface area contributed by atoms with Gasteiger partial charge in [-0.15, -0.1) is 0 Å². The first-order valence-corrected chi connectivity index (χ1v) is 7.83. The molecule has 0 aromatic heterocycles. The highest BCUT2D eigenvalue weighted by molar-refractivity contribution is 5.98. The lowest BCUT2D eigenvalue weighted by Crippen LogP contribution is -2.34. The Balaban J connectivity index is 2.43. The smallest absolute Gasteiger partial charge is 0.160 e. The molecule has 0 radical (unpaired) electrons. The maximum absolute atomic E-state index is 12.3. The van der Waals surface area contributed by atoms with Gasteiger partial charge in [0.05, 0.1) is 7.11 Å². The van der Waals surface area contributed by atoms with E-state index in [0.717, 1.165) is 28.0 Å². The van der Waals surface area contributed by atoms with Crippen molar-refractivity contribution in [1.29, 1.82) is 0 Å². The summed E-state index contributed by atoms with van der Waals surface area (Å²) in [4.78, 5) is 12.3. The van der Waals surface area contributed by atoms with Crippen LogP contribution in [0.25, 0.3) is 0 Å². The van der Waals surface area contributed by atoms with Crippen molar-refractivity contribution < 1.29 is 9.53 Å². The van der Waals surface area contributed by atoms with Gasteiger partial charge in [0.15, 0.2) is 5.78 Å². The largest absolute Gasteiger partial charge is 0.497 e. The van der Waals surface area contributed by atoms with Gasteiger partial charge < -0.3 is 4.74 Å². The van der Waals surface area contributed by atoms with Gasteiger partial charge in [0.25, 0.3) is 0 Å². The van der Waals surface area contributed by atoms with Crippen molar-refractivity contribution in [2.45, 2.75) is 34.1 Å². The fourth-order valence-electron chi connectivity index (χ4n) is 3.24. The van der Waals surface area contributed by atoms with Crippen molar-refractivity contribution in [2.75, 3.05) is 7.11 Å². The van der Waals surface area contributed by atoms with Crippen molar-refractivity contribution >= 4 is 5.78 Å². The quantitative estimate of drug-likeness (QED) is 0.591. The Kier molecular flexibility index (Phi) is 4.80. The summed E-state index contributed by atoms with van der Waals surface area (Å²) in [6.45, 7) is 12.3. The lowest BCUT2D eigenvalue weighted by atomic mass is 9.63. The Morgan fingerprint density at radius 3 is 2.39 bits per heavy atom. The third-order valence-corrected chi connectivity index (χ3v) is 4.71. The minimum absolute atomic E-state index is 0.138. The van der Waals surface area contributed by atoms with E-state index in [-0.39, 0.29) is 17.1 Å². The number of carbonyl (C=O) groups is 1. The van der Waals surface area contributed by atoms with Gasteiger partial charge in [-0.2, -0.15) is 0 Å². The van der Waals surface area contributed by atoms with Crippen molar-refractivity contribution in [1.82, 2.24) is 0 Å². The van der Waals surface area contributed by atoms with Gasteiger partial charge in [-0.05, 0) is 44.0 Å². The Morgan fingerprint density at radius 2 is 1.87 bits per heavy atom. The molecule has 0 saturated carbocycles. The summed E-state index contributed by atoms with van der Waals surface area (Å²) in [6.07, 6.45) is 0.530. The van der Waals surface area contributed by atoms with E-state index in [9.17, 15) is 4.79 Å². The monoisotopic (exact) mass is 308 g/mol. The summed E-state index contributed by atoms with van der Waals surface area (Å²) < 4.78 is 5.16. The Labute approximate surface area is 139 Å². The molecule has 0 heterocycles. The molecule has 0 saturated heterocycles. The molecule has 1 aromatic carbocycles. The van der Waals surface area contributed by atoms with Gasteiger partial charge in [-0.3, -0.25) is 4.79 Å². The summed E-state index contributed by atoms with van der Waals surface area (Å²) in [5.74, 6) is 7.57. The van der Waals surface area contributed by atoms with Crippen LogP contribution in [-0.4, -0.2) is 12.9 Å². The lowest BCUT2D eigenvalue weighted by molar-refractivity contribution is -0.117. The number of methoxy groups -OCH3 is 1. The molecule has 0 amide bonds. The number of carbonyl (C=O) groups excluding carboxylic acids is 1. The number of rotatable bonds is 2. The molecule has 0 spiro atoms. The number of ether oxygens (including phenoxy) is 1. The predicted molar refractivity (Wildman–Crippen MR) is 94.3 cm³/mol. The zero-order valence-electron chi connectivity index (χ0n) is 14.6. The number of hydrogen-bond acceptors (Lipinski definition) is 2. The Morgan fingerprint density at radius 1 is 1.26 bits per heavy atom. The van der Waals surface area contributed by atoms with Crippen LogP contribution < -0.4 is 4.74 Å². The fraction of sp³-hybridized carbons (Fsp3) is 0.381. The van der Waals surface area contributed by atoms with Crippen LogP contribution in [0.2, 0.25) is 0 Å². The SMILES string of the molecule is C=C(C)[C@@H]1CC(=O)C(C)=C(C#Cc2ccc(OC)cc2)C1(C)C. The van der Waals surface area contributed by atoms with E-state index in [2.05, 4.69) is 32.3 Å². The molecule has 0 unspecified atom stereocenters. The standard InChI is InChI=1S/C21H24O2/c1-14(2)19-13-20(22)15(3)18(21(19,4)5)12-9-16-7-10-17(23-6)11-8-16/h7-8,10-11,19H,1,13H2,2-6H3/t19-/m0/s1. The molecule has 0 N–H and O–H groups in total. The lowest BCUT2D eigenvalue weighted by Gasteiger charge is -2.39. The topological polar surface area (TPSA) is 26.3 Å². The molecule has 2 nitrogen and oxygen atoms in total. The maximum atomic E-state index is 12.3. The molecule has 0 aliphatic heterocycles. The van der Waals surface area contributed by atoms with Crippen molar-refractivity contribution in [3.8, 4) is 17.6 Å². The molecule has 1 aliphatic rings. The van der Waals surface area contributed by atoms with E-state index in [1.807, 2.05) is 38.1 Å². The zero-order valence-corrected chi connectivity index (χ0v) is 14.6. The van der Waals surface area contributed by atoms with E-state index in [1.165, 1.54) is 0 Å². The molecule has 1 aromatic rings. The summed E-state index contributed by atoms with van der Waals surface area (Å²) in [7, 11) is 1.64. The van der Waals surface area contributed by atoms with Crippen molar-refractivity contribution in [3.05, 3.63) is 53.1 Å². The van der Waals surface area contributed by atoms with Crippen LogP contribution in [-0.2, 0) is 4.79 Å². The summed E-state index contributed by atoms with van der Waals surface area (Å²) >= 11 is 0. The molecule has 1 atom stereocenters. The summed E-state index contributed by atoms with van der Waals surface area (Å²) in [6, 6.07) is 7.63. The molecule has 2 heteroatoms. The first-order valence-electron chi connectivity index (χ1n) is 7.83. The maximum Gasteiger partial charge on any atom is 0.160 e. The number of ketones is 1. The van der Waals surface area contributed by atoms with Crippen LogP contribution in [0.1, 0.15) is 39.7 Å². The first-order chi connectivity index (χ1) is 10.8. The average molecular weight is 308 g/mol. The zero-order chi connectivity index (χ0) is 17.2. The minimum Gasteiger partial charge on any atom is -0.497 e. The van der Waals surface area contributed by atoms with E-state index < -0.39 is 0 Å². The molecule has 2 rings (SSSR count). The second-order valence-corrected chi connectivity index (χ2v) is 6.73. The Hall–Kier alpha value is -2.27. The molecule has 120 valence electrons. The van der Waals surface area contributed by atoms with Gasteiger partial charge in [0.2, 0.25) is 0 Å². The first kappa shape index (κ1) is 17.1. The molecule has 1 aliphatic carbocycles. The third kappa shape index (κ3) is 3.40. The van der Waals surface area contributed by atoms with E-state index >= 15 is 0 Å². The highest BCUT2D eigenvalue weighted by Gasteiger charge is 2.40. The number of hydrogen-bond donors (Lipinski definition) is 0. The normalized spacial score (nSPS) is 19.9. The molecule has 0 fully saturated rings. The molecule has 0 bridgehead atoms. The van der Waals surface area contributed by atoms with Gasteiger partial charge in [0.1, 0.15) is 5.75 Å². The minimum atomic E-state index is -0.177. The fourth-order valence-corrected chi connectivity index (χ4v) is 3.24. The number of allylic oxidation sites excluding steroid dienone is 3. The van der Waals surface area contributed by atoms with Crippen LogP contribution in [0.15, 0.2) is 47.6 Å². The highest BCUT2D eigenvalue weighted by atomic mass is 16.5. The van der Waals surface area contributed by atoms with Crippen molar-refractivity contribution in [2.24, 2.45) is 11.3 Å². The van der Waals surface area contributed by atoms with Gasteiger partial charge >= 0.3 is 0 Å². The number of benzene rings is 1. The van der Waals surface area contributed by atoms with Gasteiger partial charge in [-0.1, -0.05) is 37.8 Å². The summed E-state index contributed by atoms with van der Waals surface area (Å²) in [5, 5.41) is 0. The predicted octanol–water partition coefficient (Wildman–Crippen LogP) is 4.55. The van der Waals surface area contributed by atoms with Crippen LogP contribution in [0.3, 0.4) is 0 Å². The van der Waals surface area contributed by atoms with E-state index in [1.54, 1.807) is 7.11 Å². The summed E-state index contributed by atoms with van der Waals surface area (Å²) in [5.41, 5.74) is 3.49. The highest BCUT2D eigenvalue weighted by Crippen LogP contribution is 2.45.